The number of nitrogen functional groups attached to an aromatic ring is 1. The number of carbonyl (C=O) groups is 1. The highest BCUT2D eigenvalue weighted by Gasteiger charge is 2.07. The Morgan fingerprint density at radius 2 is 1.90 bits per heavy atom. The van der Waals surface area contributed by atoms with E-state index in [1.54, 1.807) is 18.2 Å². The lowest BCUT2D eigenvalue weighted by Crippen LogP contribution is -2.05. The van der Waals surface area contributed by atoms with Crippen LogP contribution in [0.2, 0.25) is 0 Å². The summed E-state index contributed by atoms with van der Waals surface area (Å²) >= 11 is 0. The van der Waals surface area contributed by atoms with Crippen molar-refractivity contribution in [1.82, 2.24) is 0 Å². The van der Waals surface area contributed by atoms with Crippen LogP contribution in [0.4, 0.5) is 5.69 Å². The van der Waals surface area contributed by atoms with Crippen molar-refractivity contribution in [2.24, 2.45) is 0 Å². The lowest BCUT2D eigenvalue weighted by atomic mass is 10.1. The quantitative estimate of drug-likeness (QED) is 0.645. The first kappa shape index (κ1) is 14.1. The van der Waals surface area contributed by atoms with Crippen molar-refractivity contribution in [2.45, 2.75) is 19.8 Å². The number of ether oxygens (including phenoxy) is 1. The Morgan fingerprint density at radius 3 is 2.55 bits per heavy atom. The van der Waals surface area contributed by atoms with Crippen molar-refractivity contribution >= 4 is 11.5 Å². The highest BCUT2D eigenvalue weighted by atomic mass is 16.5. The molecular formula is C17H19NO2. The molecule has 0 amide bonds. The number of Topliss-reactive ketones (excluding diaryl/α,β-unsaturated/α-hetero) is 1. The number of hydrogen-bond acceptors (Lipinski definition) is 3. The molecule has 0 aromatic heterocycles. The smallest absolute Gasteiger partial charge is 0.162 e. The largest absolute Gasteiger partial charge is 0.491 e. The van der Waals surface area contributed by atoms with Crippen molar-refractivity contribution in [3.05, 3.63) is 59.7 Å². The summed E-state index contributed by atoms with van der Waals surface area (Å²) in [7, 11) is 0. The topological polar surface area (TPSA) is 52.3 Å². The van der Waals surface area contributed by atoms with Gasteiger partial charge < -0.3 is 10.5 Å². The van der Waals surface area contributed by atoms with Crippen LogP contribution in [0.25, 0.3) is 0 Å². The second-order valence-electron chi connectivity index (χ2n) is 4.61. The van der Waals surface area contributed by atoms with Crippen LogP contribution in [0, 0.1) is 0 Å². The summed E-state index contributed by atoms with van der Waals surface area (Å²) in [5.74, 6) is 0.723. The molecule has 0 fully saturated rings. The molecule has 2 rings (SSSR count). The van der Waals surface area contributed by atoms with Crippen LogP contribution >= 0.6 is 0 Å². The number of carbonyl (C=O) groups excluding carboxylic acids is 1. The van der Waals surface area contributed by atoms with Crippen LogP contribution < -0.4 is 10.5 Å². The Hall–Kier alpha value is -2.29. The zero-order chi connectivity index (χ0) is 14.4. The molecule has 0 radical (unpaired) electrons. The first-order valence-electron chi connectivity index (χ1n) is 6.80. The lowest BCUT2D eigenvalue weighted by Gasteiger charge is -2.10. The average Bonchev–Trinajstić information content (AvgIpc) is 2.49. The van der Waals surface area contributed by atoms with E-state index in [9.17, 15) is 4.79 Å². The summed E-state index contributed by atoms with van der Waals surface area (Å²) in [6.45, 7) is 2.40. The molecule has 0 bridgehead atoms. The second-order valence-corrected chi connectivity index (χ2v) is 4.61. The van der Waals surface area contributed by atoms with E-state index in [0.29, 0.717) is 30.0 Å². The molecule has 2 N–H and O–H groups in total. The van der Waals surface area contributed by atoms with Crippen LogP contribution in [0.1, 0.15) is 29.3 Å². The maximum absolute atomic E-state index is 11.6. The van der Waals surface area contributed by atoms with Gasteiger partial charge in [0.2, 0.25) is 0 Å². The predicted molar refractivity (Wildman–Crippen MR) is 81.1 cm³/mol. The summed E-state index contributed by atoms with van der Waals surface area (Å²) < 4.78 is 5.67. The minimum Gasteiger partial charge on any atom is -0.491 e. The maximum atomic E-state index is 11.6. The normalized spacial score (nSPS) is 10.2. The van der Waals surface area contributed by atoms with Gasteiger partial charge in [-0.25, -0.2) is 0 Å². The molecule has 2 aromatic carbocycles. The van der Waals surface area contributed by atoms with E-state index in [-0.39, 0.29) is 5.78 Å². The molecule has 3 heteroatoms. The number of nitrogens with two attached hydrogens (primary N) is 1. The van der Waals surface area contributed by atoms with Gasteiger partial charge in [0.1, 0.15) is 5.75 Å². The number of benzene rings is 2. The highest BCUT2D eigenvalue weighted by Crippen LogP contribution is 2.23. The summed E-state index contributed by atoms with van der Waals surface area (Å²) in [6.07, 6.45) is 1.31. The van der Waals surface area contributed by atoms with Crippen LogP contribution in [0.3, 0.4) is 0 Å². The SMILES string of the molecule is CCC(=O)c1ccc(OCCc2ccccc2)c(N)c1. The van der Waals surface area contributed by atoms with E-state index in [1.807, 2.05) is 25.1 Å². The van der Waals surface area contributed by atoms with Gasteiger partial charge in [0.15, 0.2) is 5.78 Å². The van der Waals surface area contributed by atoms with E-state index in [0.717, 1.165) is 6.42 Å². The molecule has 2 aromatic rings. The number of ketones is 1. The third kappa shape index (κ3) is 3.60. The molecule has 3 nitrogen and oxygen atoms in total. The molecule has 0 aliphatic carbocycles. The van der Waals surface area contributed by atoms with Crippen LogP contribution in [-0.2, 0) is 6.42 Å². The molecule has 0 aliphatic rings. The van der Waals surface area contributed by atoms with Gasteiger partial charge in [-0.05, 0) is 23.8 Å². The fourth-order valence-corrected chi connectivity index (χ4v) is 1.98. The van der Waals surface area contributed by atoms with E-state index in [2.05, 4.69) is 12.1 Å². The lowest BCUT2D eigenvalue weighted by molar-refractivity contribution is 0.0988. The van der Waals surface area contributed by atoms with E-state index >= 15 is 0 Å². The van der Waals surface area contributed by atoms with E-state index < -0.39 is 0 Å². The van der Waals surface area contributed by atoms with E-state index in [4.69, 9.17) is 10.5 Å². The molecule has 104 valence electrons. The molecular weight excluding hydrogens is 250 g/mol. The molecule has 0 heterocycles. The predicted octanol–water partition coefficient (Wildman–Crippen LogP) is 3.48. The third-order valence-corrected chi connectivity index (χ3v) is 3.14. The van der Waals surface area contributed by atoms with Gasteiger partial charge >= 0.3 is 0 Å². The van der Waals surface area contributed by atoms with Gasteiger partial charge in [-0.3, -0.25) is 4.79 Å². The van der Waals surface area contributed by atoms with Crippen molar-refractivity contribution < 1.29 is 9.53 Å². The zero-order valence-corrected chi connectivity index (χ0v) is 11.6. The Morgan fingerprint density at radius 1 is 1.15 bits per heavy atom. The van der Waals surface area contributed by atoms with Crippen molar-refractivity contribution in [1.29, 1.82) is 0 Å². The number of anilines is 1. The van der Waals surface area contributed by atoms with Crippen LogP contribution in [-0.4, -0.2) is 12.4 Å². The molecule has 20 heavy (non-hydrogen) atoms. The first-order valence-corrected chi connectivity index (χ1v) is 6.80. The first-order chi connectivity index (χ1) is 9.70. The van der Waals surface area contributed by atoms with Gasteiger partial charge in [0.25, 0.3) is 0 Å². The van der Waals surface area contributed by atoms with Gasteiger partial charge in [-0.15, -0.1) is 0 Å². The van der Waals surface area contributed by atoms with Crippen molar-refractivity contribution in [3.8, 4) is 5.75 Å². The Bertz CT molecular complexity index is 579. The highest BCUT2D eigenvalue weighted by molar-refractivity contribution is 5.97. The molecule has 0 saturated heterocycles. The van der Waals surface area contributed by atoms with Crippen LogP contribution in [0.15, 0.2) is 48.5 Å². The molecule has 0 atom stereocenters. The third-order valence-electron chi connectivity index (χ3n) is 3.14. The summed E-state index contributed by atoms with van der Waals surface area (Å²) in [5.41, 5.74) is 8.29. The minimum atomic E-state index is 0.0903. The zero-order valence-electron chi connectivity index (χ0n) is 11.6. The second kappa shape index (κ2) is 6.75. The Labute approximate surface area is 119 Å². The van der Waals surface area contributed by atoms with Gasteiger partial charge in [-0.1, -0.05) is 37.3 Å². The Balaban J connectivity index is 1.95. The fraction of sp³-hybridized carbons (Fsp3) is 0.235. The van der Waals surface area contributed by atoms with E-state index in [1.165, 1.54) is 5.56 Å². The number of hydrogen-bond donors (Lipinski definition) is 1. The van der Waals surface area contributed by atoms with Crippen LogP contribution in [0.5, 0.6) is 5.75 Å². The average molecular weight is 269 g/mol. The monoisotopic (exact) mass is 269 g/mol. The molecule has 0 aliphatic heterocycles. The van der Waals surface area contributed by atoms with Crippen molar-refractivity contribution in [2.75, 3.05) is 12.3 Å². The summed E-state index contributed by atoms with van der Waals surface area (Å²) in [5, 5.41) is 0. The summed E-state index contributed by atoms with van der Waals surface area (Å²) in [6, 6.07) is 15.4. The standard InChI is InChI=1S/C17H19NO2/c1-2-16(19)14-8-9-17(15(18)12-14)20-11-10-13-6-4-3-5-7-13/h3-9,12H,2,10-11,18H2,1H3. The van der Waals surface area contributed by atoms with Gasteiger partial charge in [0.05, 0.1) is 12.3 Å². The van der Waals surface area contributed by atoms with Gasteiger partial charge in [0, 0.05) is 18.4 Å². The minimum absolute atomic E-state index is 0.0903. The maximum Gasteiger partial charge on any atom is 0.162 e. The molecule has 0 saturated carbocycles. The van der Waals surface area contributed by atoms with Gasteiger partial charge in [-0.2, -0.15) is 0 Å². The summed E-state index contributed by atoms with van der Waals surface area (Å²) in [4.78, 5) is 11.6. The molecule has 0 unspecified atom stereocenters. The Kier molecular flexibility index (Phi) is 4.77. The molecule has 0 spiro atoms. The number of rotatable bonds is 6. The van der Waals surface area contributed by atoms with Crippen molar-refractivity contribution in [3.63, 3.8) is 0 Å². The fourth-order valence-electron chi connectivity index (χ4n) is 1.98.